The molecule has 162 valence electrons. The summed E-state index contributed by atoms with van der Waals surface area (Å²) < 4.78 is 55.8. The number of rotatable bonds is 7. The molecule has 0 radical (unpaired) electrons. The molecule has 0 spiro atoms. The maximum absolute atomic E-state index is 13.4. The van der Waals surface area contributed by atoms with Crippen LogP contribution < -0.4 is 9.03 Å². The van der Waals surface area contributed by atoms with Crippen LogP contribution in [0.25, 0.3) is 0 Å². The van der Waals surface area contributed by atoms with Gasteiger partial charge in [0.2, 0.25) is 0 Å². The molecule has 1 N–H and O–H groups in total. The molecule has 8 heteroatoms. The van der Waals surface area contributed by atoms with Crippen molar-refractivity contribution < 1.29 is 16.8 Å². The molecular formula is C24H20N2O4S2. The van der Waals surface area contributed by atoms with Gasteiger partial charge in [-0.25, -0.2) is 21.1 Å². The van der Waals surface area contributed by atoms with Crippen molar-refractivity contribution in [1.82, 2.24) is 0 Å². The molecule has 4 aromatic carbocycles. The molecule has 6 nitrogen and oxygen atoms in total. The fourth-order valence-corrected chi connectivity index (χ4v) is 5.76. The maximum Gasteiger partial charge on any atom is 0.268 e. The largest absolute Gasteiger partial charge is 0.280 e. The van der Waals surface area contributed by atoms with Gasteiger partial charge < -0.3 is 0 Å². The van der Waals surface area contributed by atoms with Gasteiger partial charge in [-0.1, -0.05) is 54.6 Å². The molecule has 0 unspecified atom stereocenters. The van der Waals surface area contributed by atoms with E-state index < -0.39 is 20.0 Å². The van der Waals surface area contributed by atoms with E-state index in [4.69, 9.17) is 0 Å². The summed E-state index contributed by atoms with van der Waals surface area (Å²) in [4.78, 5) is 0.291. The number of anilines is 3. The molecule has 0 heterocycles. The molecule has 0 aromatic heterocycles. The molecule has 4 rings (SSSR count). The van der Waals surface area contributed by atoms with E-state index in [1.54, 1.807) is 78.9 Å². The SMILES string of the molecule is O=S(=O)(Nc1ccc(N(c2ccccc2)S(=O)(=O)c2ccccc2)cc1)c1ccccc1. The Morgan fingerprint density at radius 1 is 0.500 bits per heavy atom. The first-order valence-electron chi connectivity index (χ1n) is 9.71. The highest BCUT2D eigenvalue weighted by Gasteiger charge is 2.26. The maximum atomic E-state index is 13.4. The monoisotopic (exact) mass is 464 g/mol. The Kier molecular flexibility index (Phi) is 5.98. The van der Waals surface area contributed by atoms with Gasteiger partial charge in [-0.2, -0.15) is 0 Å². The number of nitrogens with zero attached hydrogens (tertiary/aromatic N) is 1. The van der Waals surface area contributed by atoms with Crippen LogP contribution in [0.5, 0.6) is 0 Å². The molecule has 32 heavy (non-hydrogen) atoms. The van der Waals surface area contributed by atoms with Crippen molar-refractivity contribution in [2.75, 3.05) is 9.03 Å². The Labute approximate surface area is 187 Å². The van der Waals surface area contributed by atoms with E-state index in [2.05, 4.69) is 4.72 Å². The van der Waals surface area contributed by atoms with Crippen LogP contribution in [0.15, 0.2) is 125 Å². The van der Waals surface area contributed by atoms with Crippen LogP contribution in [0, 0.1) is 0 Å². The second-order valence-electron chi connectivity index (χ2n) is 6.88. The van der Waals surface area contributed by atoms with Gasteiger partial charge >= 0.3 is 0 Å². The van der Waals surface area contributed by atoms with Gasteiger partial charge in [0, 0.05) is 5.69 Å². The molecule has 4 aromatic rings. The van der Waals surface area contributed by atoms with Gasteiger partial charge in [0.15, 0.2) is 0 Å². The summed E-state index contributed by atoms with van der Waals surface area (Å²) in [7, 11) is -7.66. The highest BCUT2D eigenvalue weighted by Crippen LogP contribution is 2.33. The van der Waals surface area contributed by atoms with Gasteiger partial charge in [0.25, 0.3) is 20.0 Å². The van der Waals surface area contributed by atoms with Crippen LogP contribution in [0.1, 0.15) is 0 Å². The van der Waals surface area contributed by atoms with Gasteiger partial charge in [-0.3, -0.25) is 4.72 Å². The van der Waals surface area contributed by atoms with Crippen molar-refractivity contribution in [2.24, 2.45) is 0 Å². The number of benzene rings is 4. The summed E-state index contributed by atoms with van der Waals surface area (Å²) in [5.41, 5.74) is 1.17. The summed E-state index contributed by atoms with van der Waals surface area (Å²) in [6.07, 6.45) is 0. The van der Waals surface area contributed by atoms with E-state index in [9.17, 15) is 16.8 Å². The normalized spacial score (nSPS) is 11.6. The molecular weight excluding hydrogens is 444 g/mol. The summed E-state index contributed by atoms with van der Waals surface area (Å²) in [5, 5.41) is 0. The third kappa shape index (κ3) is 4.51. The zero-order valence-electron chi connectivity index (χ0n) is 16.9. The summed E-state index contributed by atoms with van der Waals surface area (Å²) >= 11 is 0. The molecule has 0 aliphatic rings. The third-order valence-electron chi connectivity index (χ3n) is 4.68. The lowest BCUT2D eigenvalue weighted by Crippen LogP contribution is -2.26. The van der Waals surface area contributed by atoms with Crippen LogP contribution in [0.3, 0.4) is 0 Å². The zero-order chi connectivity index (χ0) is 22.6. The Morgan fingerprint density at radius 3 is 1.47 bits per heavy atom. The van der Waals surface area contributed by atoms with E-state index in [1.165, 1.54) is 40.7 Å². The van der Waals surface area contributed by atoms with Gasteiger partial charge in [0.05, 0.1) is 21.2 Å². The van der Waals surface area contributed by atoms with E-state index in [-0.39, 0.29) is 9.79 Å². The van der Waals surface area contributed by atoms with E-state index >= 15 is 0 Å². The predicted molar refractivity (Wildman–Crippen MR) is 126 cm³/mol. The Balaban J connectivity index is 1.71. The first-order chi connectivity index (χ1) is 15.4. The second-order valence-corrected chi connectivity index (χ2v) is 10.4. The average molecular weight is 465 g/mol. The number of para-hydroxylation sites is 1. The second kappa shape index (κ2) is 8.86. The minimum atomic E-state index is -3.90. The Morgan fingerprint density at radius 2 is 0.938 bits per heavy atom. The van der Waals surface area contributed by atoms with E-state index in [0.29, 0.717) is 17.1 Å². The predicted octanol–water partition coefficient (Wildman–Crippen LogP) is 5.01. The van der Waals surface area contributed by atoms with Crippen molar-refractivity contribution in [3.63, 3.8) is 0 Å². The molecule has 0 saturated carbocycles. The first kappa shape index (κ1) is 21.6. The number of hydrogen-bond acceptors (Lipinski definition) is 4. The van der Waals surface area contributed by atoms with Gasteiger partial charge in [-0.15, -0.1) is 0 Å². The summed E-state index contributed by atoms with van der Waals surface area (Å²) in [6.45, 7) is 0. The molecule has 0 aliphatic carbocycles. The summed E-state index contributed by atoms with van der Waals surface area (Å²) in [6, 6.07) is 31.1. The molecule has 0 fully saturated rings. The van der Waals surface area contributed by atoms with Crippen molar-refractivity contribution in [3.05, 3.63) is 115 Å². The highest BCUT2D eigenvalue weighted by atomic mass is 32.2. The smallest absolute Gasteiger partial charge is 0.268 e. The fraction of sp³-hybridized carbons (Fsp3) is 0. The van der Waals surface area contributed by atoms with Crippen molar-refractivity contribution in [3.8, 4) is 0 Å². The minimum Gasteiger partial charge on any atom is -0.280 e. The Bertz CT molecular complexity index is 1390. The average Bonchev–Trinajstić information content (AvgIpc) is 2.82. The fourth-order valence-electron chi connectivity index (χ4n) is 3.17. The topological polar surface area (TPSA) is 83.6 Å². The van der Waals surface area contributed by atoms with Crippen LogP contribution in [0.4, 0.5) is 17.1 Å². The molecule has 0 saturated heterocycles. The lowest BCUT2D eigenvalue weighted by atomic mass is 10.2. The van der Waals surface area contributed by atoms with Crippen molar-refractivity contribution >= 4 is 37.1 Å². The first-order valence-corrected chi connectivity index (χ1v) is 12.6. The number of nitrogens with one attached hydrogen (secondary N) is 1. The number of sulfonamides is 2. The standard InChI is InChI=1S/C24H20N2O4S2/c27-31(28,23-12-6-2-7-13-23)25-20-16-18-22(19-17-20)26(21-10-4-1-5-11-21)32(29,30)24-14-8-3-9-15-24/h1-19,25H. The quantitative estimate of drug-likeness (QED) is 0.417. The van der Waals surface area contributed by atoms with Crippen molar-refractivity contribution in [1.29, 1.82) is 0 Å². The van der Waals surface area contributed by atoms with Crippen molar-refractivity contribution in [2.45, 2.75) is 9.79 Å². The Hall–Kier alpha value is -3.62. The molecule has 0 atom stereocenters. The molecule has 0 bridgehead atoms. The van der Waals surface area contributed by atoms with Crippen LogP contribution in [-0.4, -0.2) is 16.8 Å². The van der Waals surface area contributed by atoms with E-state index in [1.807, 2.05) is 0 Å². The van der Waals surface area contributed by atoms with Gasteiger partial charge in [0.1, 0.15) is 0 Å². The summed E-state index contributed by atoms with van der Waals surface area (Å²) in [5.74, 6) is 0. The molecule has 0 amide bonds. The van der Waals surface area contributed by atoms with Gasteiger partial charge in [-0.05, 0) is 60.7 Å². The van der Waals surface area contributed by atoms with Crippen LogP contribution in [0.2, 0.25) is 0 Å². The highest BCUT2D eigenvalue weighted by molar-refractivity contribution is 7.93. The minimum absolute atomic E-state index is 0.140. The third-order valence-corrected chi connectivity index (χ3v) is 7.85. The zero-order valence-corrected chi connectivity index (χ0v) is 18.5. The lowest BCUT2D eigenvalue weighted by molar-refractivity contribution is 0.595. The number of hydrogen-bond donors (Lipinski definition) is 1. The lowest BCUT2D eigenvalue weighted by Gasteiger charge is -2.25. The van der Waals surface area contributed by atoms with Crippen LogP contribution >= 0.6 is 0 Å². The van der Waals surface area contributed by atoms with E-state index in [0.717, 1.165) is 0 Å². The molecule has 0 aliphatic heterocycles. The van der Waals surface area contributed by atoms with Crippen LogP contribution in [-0.2, 0) is 20.0 Å².